The second-order valence-corrected chi connectivity index (χ2v) is 6.30. The highest BCUT2D eigenvalue weighted by molar-refractivity contribution is 6.35. The number of hydrogen-bond acceptors (Lipinski definition) is 1. The van der Waals surface area contributed by atoms with Crippen LogP contribution in [0.4, 0.5) is 4.39 Å². The lowest BCUT2D eigenvalue weighted by atomic mass is 10.1. The van der Waals surface area contributed by atoms with Gasteiger partial charge in [-0.2, -0.15) is 0 Å². The van der Waals surface area contributed by atoms with Crippen molar-refractivity contribution in [2.45, 2.75) is 18.9 Å². The summed E-state index contributed by atoms with van der Waals surface area (Å²) in [6.07, 6.45) is 0.797. The van der Waals surface area contributed by atoms with Crippen LogP contribution in [0.5, 0.6) is 0 Å². The minimum absolute atomic E-state index is 0.000316. The van der Waals surface area contributed by atoms with E-state index in [4.69, 9.17) is 23.2 Å². The van der Waals surface area contributed by atoms with Crippen LogP contribution in [0, 0.1) is 11.7 Å². The Morgan fingerprint density at radius 1 is 1.18 bits per heavy atom. The second-order valence-electron chi connectivity index (χ2n) is 5.45. The first-order valence-corrected chi connectivity index (χ1v) is 7.77. The van der Waals surface area contributed by atoms with Gasteiger partial charge < -0.3 is 5.32 Å². The van der Waals surface area contributed by atoms with Gasteiger partial charge in [-0.25, -0.2) is 4.39 Å². The van der Waals surface area contributed by atoms with E-state index in [1.54, 1.807) is 30.3 Å². The number of hydrogen-bond donors (Lipinski definition) is 1. The van der Waals surface area contributed by atoms with Gasteiger partial charge >= 0.3 is 0 Å². The van der Waals surface area contributed by atoms with Crippen molar-refractivity contribution in [2.24, 2.45) is 5.92 Å². The highest BCUT2D eigenvalue weighted by Crippen LogP contribution is 2.47. The fourth-order valence-corrected chi connectivity index (χ4v) is 3.02. The van der Waals surface area contributed by atoms with Gasteiger partial charge in [0.2, 0.25) is 5.91 Å². The summed E-state index contributed by atoms with van der Waals surface area (Å²) in [5.74, 6) is -0.124. The monoisotopic (exact) mass is 337 g/mol. The van der Waals surface area contributed by atoms with Crippen molar-refractivity contribution in [3.8, 4) is 0 Å². The van der Waals surface area contributed by atoms with E-state index in [-0.39, 0.29) is 23.6 Å². The van der Waals surface area contributed by atoms with Crippen molar-refractivity contribution in [3.63, 3.8) is 0 Å². The molecule has 114 valence electrons. The standard InChI is InChI=1S/C17H14Cl2FNO/c18-12-4-1-11(16(19)7-12)9-21-17(22)15-8-14(15)10-2-5-13(20)6-3-10/h1-7,14-15H,8-9H2,(H,21,22). The molecule has 2 aromatic rings. The summed E-state index contributed by atoms with van der Waals surface area (Å²) in [5, 5.41) is 4.00. The predicted molar refractivity (Wildman–Crippen MR) is 85.6 cm³/mol. The average Bonchev–Trinajstić information content (AvgIpc) is 3.27. The van der Waals surface area contributed by atoms with E-state index in [2.05, 4.69) is 5.32 Å². The van der Waals surface area contributed by atoms with Crippen molar-refractivity contribution in [3.05, 3.63) is 69.5 Å². The number of carbonyl (C=O) groups is 1. The second kappa shape index (κ2) is 6.27. The van der Waals surface area contributed by atoms with Gasteiger partial charge in [0, 0.05) is 22.5 Å². The van der Waals surface area contributed by atoms with Crippen LogP contribution >= 0.6 is 23.2 Å². The van der Waals surface area contributed by atoms with Crippen LogP contribution in [-0.2, 0) is 11.3 Å². The summed E-state index contributed by atoms with van der Waals surface area (Å²) in [6.45, 7) is 0.376. The van der Waals surface area contributed by atoms with Crippen molar-refractivity contribution < 1.29 is 9.18 Å². The molecule has 5 heteroatoms. The lowest BCUT2D eigenvalue weighted by molar-refractivity contribution is -0.122. The number of amides is 1. The molecule has 0 aliphatic heterocycles. The van der Waals surface area contributed by atoms with Gasteiger partial charge in [0.1, 0.15) is 5.82 Å². The lowest BCUT2D eigenvalue weighted by Gasteiger charge is -2.07. The van der Waals surface area contributed by atoms with Gasteiger partial charge in [-0.1, -0.05) is 41.4 Å². The Morgan fingerprint density at radius 3 is 2.59 bits per heavy atom. The van der Waals surface area contributed by atoms with Crippen LogP contribution in [0.2, 0.25) is 10.0 Å². The number of nitrogens with one attached hydrogen (secondary N) is 1. The van der Waals surface area contributed by atoms with E-state index >= 15 is 0 Å². The third-order valence-electron chi connectivity index (χ3n) is 3.89. The van der Waals surface area contributed by atoms with Gasteiger partial charge in [0.15, 0.2) is 0 Å². The topological polar surface area (TPSA) is 29.1 Å². The zero-order chi connectivity index (χ0) is 15.7. The van der Waals surface area contributed by atoms with Crippen molar-refractivity contribution >= 4 is 29.1 Å². The summed E-state index contributed by atoms with van der Waals surface area (Å²) < 4.78 is 12.9. The normalized spacial score (nSPS) is 19.8. The molecule has 0 saturated heterocycles. The first-order valence-electron chi connectivity index (χ1n) is 7.01. The Bertz CT molecular complexity index is 702. The molecule has 0 radical (unpaired) electrons. The molecule has 0 heterocycles. The van der Waals surface area contributed by atoms with Gasteiger partial charge in [0.05, 0.1) is 0 Å². The molecule has 0 bridgehead atoms. The summed E-state index contributed by atoms with van der Waals surface area (Å²) in [4.78, 5) is 12.2. The van der Waals surface area contributed by atoms with Crippen molar-refractivity contribution in [2.75, 3.05) is 0 Å². The summed E-state index contributed by atoms with van der Waals surface area (Å²) >= 11 is 11.9. The Morgan fingerprint density at radius 2 is 1.91 bits per heavy atom. The Hall–Kier alpha value is -1.58. The Balaban J connectivity index is 1.56. The first kappa shape index (κ1) is 15.3. The molecule has 0 spiro atoms. The van der Waals surface area contributed by atoms with Crippen LogP contribution in [0.1, 0.15) is 23.5 Å². The fraction of sp³-hybridized carbons (Fsp3) is 0.235. The number of rotatable bonds is 4. The molecule has 0 aromatic heterocycles. The van der Waals surface area contributed by atoms with Crippen LogP contribution < -0.4 is 5.32 Å². The molecular weight excluding hydrogens is 324 g/mol. The summed E-state index contributed by atoms with van der Waals surface area (Å²) in [7, 11) is 0. The van der Waals surface area contributed by atoms with Gasteiger partial charge in [-0.3, -0.25) is 4.79 Å². The summed E-state index contributed by atoms with van der Waals surface area (Å²) in [5.41, 5.74) is 1.84. The van der Waals surface area contributed by atoms with Crippen molar-refractivity contribution in [1.29, 1.82) is 0 Å². The van der Waals surface area contributed by atoms with E-state index in [9.17, 15) is 9.18 Å². The molecule has 2 nitrogen and oxygen atoms in total. The quantitative estimate of drug-likeness (QED) is 0.870. The molecule has 2 aromatic carbocycles. The molecule has 1 fully saturated rings. The molecule has 3 rings (SSSR count). The number of benzene rings is 2. The zero-order valence-corrected chi connectivity index (χ0v) is 13.2. The van der Waals surface area contributed by atoms with Crippen LogP contribution in [0.15, 0.2) is 42.5 Å². The van der Waals surface area contributed by atoms with Gasteiger partial charge in [0.25, 0.3) is 0 Å². The van der Waals surface area contributed by atoms with Crippen LogP contribution in [0.25, 0.3) is 0 Å². The summed E-state index contributed by atoms with van der Waals surface area (Å²) in [6, 6.07) is 11.5. The van der Waals surface area contributed by atoms with E-state index in [0.29, 0.717) is 16.6 Å². The molecule has 1 aliphatic rings. The molecule has 1 amide bonds. The maximum Gasteiger partial charge on any atom is 0.224 e. The molecule has 1 N–H and O–H groups in total. The molecule has 1 saturated carbocycles. The van der Waals surface area contributed by atoms with Crippen molar-refractivity contribution in [1.82, 2.24) is 5.32 Å². The van der Waals surface area contributed by atoms with Crippen LogP contribution in [0.3, 0.4) is 0 Å². The number of halogens is 3. The SMILES string of the molecule is O=C(NCc1ccc(Cl)cc1Cl)C1CC1c1ccc(F)cc1. The fourth-order valence-electron chi connectivity index (χ4n) is 2.54. The van der Waals surface area contributed by atoms with E-state index in [1.165, 1.54) is 12.1 Å². The maximum absolute atomic E-state index is 12.9. The highest BCUT2D eigenvalue weighted by atomic mass is 35.5. The Labute approximate surface area is 138 Å². The van der Waals surface area contributed by atoms with E-state index in [1.807, 2.05) is 0 Å². The third-order valence-corrected chi connectivity index (χ3v) is 4.48. The zero-order valence-electron chi connectivity index (χ0n) is 11.7. The molecule has 22 heavy (non-hydrogen) atoms. The maximum atomic E-state index is 12.9. The van der Waals surface area contributed by atoms with Gasteiger partial charge in [-0.05, 0) is 47.7 Å². The van der Waals surface area contributed by atoms with E-state index in [0.717, 1.165) is 17.5 Å². The number of carbonyl (C=O) groups excluding carboxylic acids is 1. The largest absolute Gasteiger partial charge is 0.352 e. The minimum atomic E-state index is -0.261. The highest BCUT2D eigenvalue weighted by Gasteiger charge is 2.43. The van der Waals surface area contributed by atoms with E-state index < -0.39 is 0 Å². The predicted octanol–water partition coefficient (Wildman–Crippen LogP) is 4.55. The van der Waals surface area contributed by atoms with Crippen LogP contribution in [-0.4, -0.2) is 5.91 Å². The molecular formula is C17H14Cl2FNO. The van der Waals surface area contributed by atoms with Gasteiger partial charge in [-0.15, -0.1) is 0 Å². The smallest absolute Gasteiger partial charge is 0.224 e. The lowest BCUT2D eigenvalue weighted by Crippen LogP contribution is -2.25. The molecule has 2 unspecified atom stereocenters. The average molecular weight is 338 g/mol. The molecule has 1 aliphatic carbocycles. The third kappa shape index (κ3) is 3.42. The first-order chi connectivity index (χ1) is 10.5. The minimum Gasteiger partial charge on any atom is -0.352 e. The molecule has 2 atom stereocenters. The Kier molecular flexibility index (Phi) is 4.37.